The minimum atomic E-state index is -4.44. The van der Waals surface area contributed by atoms with Crippen LogP contribution in [0.25, 0.3) is 0 Å². The Morgan fingerprint density at radius 2 is 1.92 bits per heavy atom. The van der Waals surface area contributed by atoms with Crippen molar-refractivity contribution in [2.45, 2.75) is 25.2 Å². The third-order valence-electron chi connectivity index (χ3n) is 3.65. The first kappa shape index (κ1) is 23.6. The molecule has 0 aliphatic carbocycles. The molecule has 0 saturated carbocycles. The summed E-state index contributed by atoms with van der Waals surface area (Å²) in [5.41, 5.74) is 5.40. The van der Waals surface area contributed by atoms with Gasteiger partial charge in [-0.25, -0.2) is 0 Å². The van der Waals surface area contributed by atoms with Crippen molar-refractivity contribution >= 4 is 18.3 Å². The van der Waals surface area contributed by atoms with Gasteiger partial charge in [-0.05, 0) is 24.6 Å². The van der Waals surface area contributed by atoms with Crippen molar-refractivity contribution < 1.29 is 27.4 Å². The van der Waals surface area contributed by atoms with Crippen LogP contribution in [0.5, 0.6) is 0 Å². The van der Waals surface area contributed by atoms with Gasteiger partial charge in [-0.1, -0.05) is 12.1 Å². The van der Waals surface area contributed by atoms with E-state index in [9.17, 15) is 18.0 Å². The SMILES string of the molecule is COCCN(C(=O)C(N)COC)C(C)c1cccc(C(F)(F)F)c1.Cl. The number of methoxy groups -OCH3 is 2. The second-order valence-electron chi connectivity index (χ2n) is 5.39. The smallest absolute Gasteiger partial charge is 0.383 e. The van der Waals surface area contributed by atoms with E-state index < -0.39 is 29.7 Å². The molecular formula is C16H24ClF3N2O3. The van der Waals surface area contributed by atoms with E-state index in [1.807, 2.05) is 0 Å². The van der Waals surface area contributed by atoms with Crippen molar-refractivity contribution in [1.29, 1.82) is 0 Å². The molecule has 25 heavy (non-hydrogen) atoms. The molecule has 144 valence electrons. The summed E-state index contributed by atoms with van der Waals surface area (Å²) in [6.07, 6.45) is -4.44. The van der Waals surface area contributed by atoms with Gasteiger partial charge in [0.1, 0.15) is 6.04 Å². The first-order valence-electron chi connectivity index (χ1n) is 7.43. The highest BCUT2D eigenvalue weighted by molar-refractivity contribution is 5.85. The summed E-state index contributed by atoms with van der Waals surface area (Å²) in [6.45, 7) is 2.14. The molecule has 5 nitrogen and oxygen atoms in total. The minimum absolute atomic E-state index is 0. The van der Waals surface area contributed by atoms with Crippen molar-refractivity contribution in [1.82, 2.24) is 4.90 Å². The van der Waals surface area contributed by atoms with Crippen molar-refractivity contribution in [2.75, 3.05) is 34.0 Å². The predicted octanol–water partition coefficient (Wildman–Crippen LogP) is 2.64. The monoisotopic (exact) mass is 384 g/mol. The normalized spacial score (nSPS) is 13.7. The molecule has 1 amide bonds. The second-order valence-corrected chi connectivity index (χ2v) is 5.39. The van der Waals surface area contributed by atoms with Crippen molar-refractivity contribution in [3.8, 4) is 0 Å². The number of hydrogen-bond acceptors (Lipinski definition) is 4. The maximum absolute atomic E-state index is 12.9. The Morgan fingerprint density at radius 3 is 2.44 bits per heavy atom. The zero-order valence-corrected chi connectivity index (χ0v) is 15.2. The fourth-order valence-electron chi connectivity index (χ4n) is 2.30. The highest BCUT2D eigenvalue weighted by Crippen LogP contribution is 2.32. The lowest BCUT2D eigenvalue weighted by Crippen LogP contribution is -2.48. The molecule has 0 heterocycles. The molecular weight excluding hydrogens is 361 g/mol. The molecule has 0 fully saturated rings. The number of halogens is 4. The van der Waals surface area contributed by atoms with Gasteiger partial charge in [0.05, 0.1) is 24.8 Å². The number of hydrogen-bond donors (Lipinski definition) is 1. The number of nitrogens with zero attached hydrogens (tertiary/aromatic N) is 1. The van der Waals surface area contributed by atoms with Gasteiger partial charge in [0.2, 0.25) is 5.91 Å². The predicted molar refractivity (Wildman–Crippen MR) is 90.5 cm³/mol. The molecule has 2 atom stereocenters. The summed E-state index contributed by atoms with van der Waals surface area (Å²) in [6, 6.07) is 3.43. The second kappa shape index (κ2) is 10.6. The number of ether oxygens (including phenoxy) is 2. The maximum Gasteiger partial charge on any atom is 0.416 e. The summed E-state index contributed by atoms with van der Waals surface area (Å²) >= 11 is 0. The molecule has 0 saturated heterocycles. The van der Waals surface area contributed by atoms with E-state index in [4.69, 9.17) is 15.2 Å². The third-order valence-corrected chi connectivity index (χ3v) is 3.65. The molecule has 2 unspecified atom stereocenters. The minimum Gasteiger partial charge on any atom is -0.383 e. The van der Waals surface area contributed by atoms with Gasteiger partial charge in [0, 0.05) is 20.8 Å². The Balaban J connectivity index is 0.00000576. The van der Waals surface area contributed by atoms with Crippen LogP contribution in [0, 0.1) is 0 Å². The molecule has 1 aromatic carbocycles. The van der Waals surface area contributed by atoms with Crippen LogP contribution in [0.15, 0.2) is 24.3 Å². The largest absolute Gasteiger partial charge is 0.416 e. The highest BCUT2D eigenvalue weighted by atomic mass is 35.5. The van der Waals surface area contributed by atoms with Crippen LogP contribution in [0.1, 0.15) is 24.1 Å². The number of carbonyl (C=O) groups is 1. The summed E-state index contributed by atoms with van der Waals surface area (Å²) < 4.78 is 48.5. The number of alkyl halides is 3. The van der Waals surface area contributed by atoms with E-state index in [0.29, 0.717) is 5.56 Å². The summed E-state index contributed by atoms with van der Waals surface area (Å²) in [7, 11) is 2.90. The van der Waals surface area contributed by atoms with Crippen molar-refractivity contribution in [3.63, 3.8) is 0 Å². The fourth-order valence-corrected chi connectivity index (χ4v) is 2.30. The first-order chi connectivity index (χ1) is 11.2. The van der Waals surface area contributed by atoms with Crippen molar-refractivity contribution in [3.05, 3.63) is 35.4 Å². The zero-order valence-electron chi connectivity index (χ0n) is 14.4. The average molecular weight is 385 g/mol. The van der Waals surface area contributed by atoms with Gasteiger partial charge in [-0.3, -0.25) is 4.79 Å². The molecule has 0 radical (unpaired) electrons. The van der Waals surface area contributed by atoms with Crippen LogP contribution in [-0.2, 0) is 20.4 Å². The van der Waals surface area contributed by atoms with Crippen molar-refractivity contribution in [2.24, 2.45) is 5.73 Å². The van der Waals surface area contributed by atoms with Crippen LogP contribution in [0.2, 0.25) is 0 Å². The van der Waals surface area contributed by atoms with Gasteiger partial charge >= 0.3 is 6.18 Å². The van der Waals surface area contributed by atoms with E-state index in [2.05, 4.69) is 0 Å². The molecule has 0 aliphatic heterocycles. The van der Waals surface area contributed by atoms with E-state index in [1.54, 1.807) is 13.0 Å². The number of amides is 1. The van der Waals surface area contributed by atoms with Gasteiger partial charge in [-0.2, -0.15) is 13.2 Å². The lowest BCUT2D eigenvalue weighted by Gasteiger charge is -2.31. The Morgan fingerprint density at radius 1 is 1.28 bits per heavy atom. The zero-order chi connectivity index (χ0) is 18.3. The molecule has 9 heteroatoms. The maximum atomic E-state index is 12.9. The molecule has 1 rings (SSSR count). The Hall–Kier alpha value is -1.35. The van der Waals surface area contributed by atoms with Crippen LogP contribution in [0.4, 0.5) is 13.2 Å². The average Bonchev–Trinajstić information content (AvgIpc) is 2.54. The number of nitrogens with two attached hydrogens (primary N) is 1. The molecule has 0 bridgehead atoms. The number of rotatable bonds is 8. The lowest BCUT2D eigenvalue weighted by molar-refractivity contribution is -0.137. The van der Waals surface area contributed by atoms with Crippen LogP contribution in [-0.4, -0.2) is 50.8 Å². The molecule has 0 aromatic heterocycles. The molecule has 1 aromatic rings. The summed E-state index contributed by atoms with van der Waals surface area (Å²) in [5, 5.41) is 0. The summed E-state index contributed by atoms with van der Waals surface area (Å²) in [5.74, 6) is -0.404. The highest BCUT2D eigenvalue weighted by Gasteiger charge is 2.32. The standard InChI is InChI=1S/C16H23F3N2O3.ClH/c1-11(12-5-4-6-13(9-12)16(17,18)19)21(7-8-23-2)15(22)14(20)10-24-3;/h4-6,9,11,14H,7-8,10,20H2,1-3H3;1H. The Kier molecular flexibility index (Phi) is 10.0. The number of benzene rings is 1. The van der Waals surface area contributed by atoms with E-state index in [0.717, 1.165) is 12.1 Å². The van der Waals surface area contributed by atoms with Gasteiger partial charge in [0.15, 0.2) is 0 Å². The fraction of sp³-hybridized carbons (Fsp3) is 0.562. The van der Waals surface area contributed by atoms with Gasteiger partial charge < -0.3 is 20.1 Å². The summed E-state index contributed by atoms with van der Waals surface area (Å²) in [4.78, 5) is 13.9. The van der Waals surface area contributed by atoms with Crippen LogP contribution in [0.3, 0.4) is 0 Å². The Bertz CT molecular complexity index is 544. The van der Waals surface area contributed by atoms with Gasteiger partial charge in [-0.15, -0.1) is 12.4 Å². The topological polar surface area (TPSA) is 64.8 Å². The molecule has 0 spiro atoms. The first-order valence-corrected chi connectivity index (χ1v) is 7.43. The molecule has 0 aliphatic rings. The number of carbonyl (C=O) groups excluding carboxylic acids is 1. The Labute approximate surface area is 151 Å². The van der Waals surface area contributed by atoms with E-state index >= 15 is 0 Å². The molecule has 2 N–H and O–H groups in total. The van der Waals surface area contributed by atoms with E-state index in [-0.39, 0.29) is 32.2 Å². The van der Waals surface area contributed by atoms with Crippen LogP contribution < -0.4 is 5.73 Å². The van der Waals surface area contributed by atoms with Crippen LogP contribution >= 0.6 is 12.4 Å². The third kappa shape index (κ3) is 6.81. The lowest BCUT2D eigenvalue weighted by atomic mass is 10.0. The quantitative estimate of drug-likeness (QED) is 0.748. The van der Waals surface area contributed by atoms with E-state index in [1.165, 1.54) is 25.2 Å². The van der Waals surface area contributed by atoms with Gasteiger partial charge in [0.25, 0.3) is 0 Å².